The fraction of sp³-hybridized carbons (Fsp3) is 0.697. The minimum Gasteiger partial charge on any atom is -0.454 e. The summed E-state index contributed by atoms with van der Waals surface area (Å²) < 4.78 is 17.6. The first-order chi connectivity index (χ1) is 37.7. The van der Waals surface area contributed by atoms with Crippen molar-refractivity contribution >= 4 is 11.9 Å². The first-order valence-corrected chi connectivity index (χ1v) is 30.7. The van der Waals surface area contributed by atoms with Crippen LogP contribution >= 0.6 is 0 Å². The molecule has 0 bridgehead atoms. The molecule has 0 aromatic rings. The molecule has 77 heavy (non-hydrogen) atoms. The number of carbonyl (C=O) groups excluding carboxylic acids is 2. The van der Waals surface area contributed by atoms with Gasteiger partial charge in [-0.2, -0.15) is 0 Å². The summed E-state index contributed by atoms with van der Waals surface area (Å²) in [7, 11) is 0. The summed E-state index contributed by atoms with van der Waals surface area (Å²) in [6.45, 7) is 5.57. The summed E-state index contributed by atoms with van der Waals surface area (Å²) in [6.07, 6.45) is 61.3. The molecule has 11 nitrogen and oxygen atoms in total. The number of amides is 1. The molecule has 8 atom stereocenters. The van der Waals surface area contributed by atoms with Crippen molar-refractivity contribution in [2.75, 3.05) is 13.2 Å². The van der Waals surface area contributed by atoms with Gasteiger partial charge >= 0.3 is 5.97 Å². The number of unbranched alkanes of at least 4 members (excludes halogenated alkanes) is 25. The Labute approximate surface area is 468 Å². The maximum Gasteiger partial charge on any atom is 0.306 e. The Morgan fingerprint density at radius 1 is 0.532 bits per heavy atom. The van der Waals surface area contributed by atoms with E-state index in [4.69, 9.17) is 14.2 Å². The van der Waals surface area contributed by atoms with Crippen molar-refractivity contribution in [1.29, 1.82) is 0 Å². The van der Waals surface area contributed by atoms with Gasteiger partial charge in [-0.05, 0) is 77.0 Å². The van der Waals surface area contributed by atoms with Gasteiger partial charge in [0.25, 0.3) is 0 Å². The largest absolute Gasteiger partial charge is 0.454 e. The Morgan fingerprint density at radius 3 is 1.53 bits per heavy atom. The Balaban J connectivity index is 2.69. The quantitative estimate of drug-likeness (QED) is 0.0149. The molecule has 0 aromatic carbocycles. The van der Waals surface area contributed by atoms with Crippen LogP contribution in [0, 0.1) is 0 Å². The first kappa shape index (κ1) is 71.3. The molecule has 440 valence electrons. The van der Waals surface area contributed by atoms with Crippen molar-refractivity contribution in [1.82, 2.24) is 5.32 Å². The van der Waals surface area contributed by atoms with E-state index in [0.29, 0.717) is 12.8 Å². The number of esters is 1. The molecule has 1 aliphatic heterocycles. The summed E-state index contributed by atoms with van der Waals surface area (Å²) in [5, 5.41) is 56.9. The topological polar surface area (TPSA) is 175 Å². The number of aliphatic hydroxyl groups excluding tert-OH is 5. The summed E-state index contributed by atoms with van der Waals surface area (Å²) in [5.41, 5.74) is 0. The Morgan fingerprint density at radius 2 is 0.987 bits per heavy atom. The molecule has 6 N–H and O–H groups in total. The smallest absolute Gasteiger partial charge is 0.306 e. The average Bonchev–Trinajstić information content (AvgIpc) is 3.43. The van der Waals surface area contributed by atoms with Crippen LogP contribution in [0.3, 0.4) is 0 Å². The molecule has 1 aliphatic rings. The standard InChI is InChI=1S/C66H111NO10/c1-4-7-10-13-16-19-22-24-26-28-29-30-31-32-34-36-39-42-45-48-51-54-61(71)77-64-63(73)62(72)60(55-68)76-66(64)75-56-57(58(69)52-49-46-43-40-37-21-18-15-12-9-6-3)67-65(74)59(70)53-50-47-44-41-38-35-33-27-25-23-20-17-14-11-8-5-2/h8,11,14,16-17,19-20,23-27,33,35,38,41,49,52,57-60,62-64,66,68-70,72-73H,4-7,9-10,12-13,15,18,21-22,28-32,34,36-37,39-40,42-48,50-51,53-56H2,1-3H3,(H,67,74)/b11-8-,17-14+,19-16-,23-20+,26-24-,27-25-,35-33+,41-38+,52-49+. The summed E-state index contributed by atoms with van der Waals surface area (Å²) in [5.74, 6) is -1.25. The number of hydrogen-bond donors (Lipinski definition) is 6. The Kier molecular flexibility index (Phi) is 49.1. The van der Waals surface area contributed by atoms with Crippen LogP contribution in [0.2, 0.25) is 0 Å². The average molecular weight is 1080 g/mol. The molecular weight excluding hydrogens is 967 g/mol. The number of nitrogens with one attached hydrogen (secondary N) is 1. The van der Waals surface area contributed by atoms with Crippen molar-refractivity contribution in [3.63, 3.8) is 0 Å². The lowest BCUT2D eigenvalue weighted by molar-refractivity contribution is -0.305. The van der Waals surface area contributed by atoms with Gasteiger partial charge in [0.1, 0.15) is 24.4 Å². The van der Waals surface area contributed by atoms with Crippen LogP contribution in [0.4, 0.5) is 0 Å². The molecule has 1 fully saturated rings. The number of rotatable bonds is 50. The lowest BCUT2D eigenvalue weighted by Gasteiger charge is -2.41. The van der Waals surface area contributed by atoms with E-state index in [1.165, 1.54) is 109 Å². The van der Waals surface area contributed by atoms with Gasteiger partial charge in [-0.3, -0.25) is 9.59 Å². The van der Waals surface area contributed by atoms with Crippen LogP contribution < -0.4 is 5.32 Å². The molecule has 11 heteroatoms. The third-order valence-electron chi connectivity index (χ3n) is 13.8. The number of aliphatic hydroxyl groups is 5. The van der Waals surface area contributed by atoms with E-state index in [1.807, 2.05) is 72.9 Å². The van der Waals surface area contributed by atoms with Crippen molar-refractivity contribution < 1.29 is 49.3 Å². The third-order valence-corrected chi connectivity index (χ3v) is 13.8. The second-order valence-electron chi connectivity index (χ2n) is 20.9. The van der Waals surface area contributed by atoms with Crippen LogP contribution in [0.25, 0.3) is 0 Å². The Hall–Kier alpha value is -3.68. The molecule has 0 radical (unpaired) electrons. The summed E-state index contributed by atoms with van der Waals surface area (Å²) >= 11 is 0. The van der Waals surface area contributed by atoms with E-state index >= 15 is 0 Å². The second-order valence-corrected chi connectivity index (χ2v) is 20.9. The van der Waals surface area contributed by atoms with E-state index < -0.39 is 67.4 Å². The van der Waals surface area contributed by atoms with Gasteiger partial charge in [-0.15, -0.1) is 0 Å². The maximum atomic E-state index is 13.4. The maximum absolute atomic E-state index is 13.4. The molecule has 0 saturated carbocycles. The minimum atomic E-state index is -1.63. The van der Waals surface area contributed by atoms with Crippen molar-refractivity contribution in [2.45, 2.75) is 282 Å². The summed E-state index contributed by atoms with van der Waals surface area (Å²) in [6, 6.07) is -1.05. The van der Waals surface area contributed by atoms with Gasteiger partial charge in [0.2, 0.25) is 5.91 Å². The highest BCUT2D eigenvalue weighted by Crippen LogP contribution is 2.26. The van der Waals surface area contributed by atoms with Crippen LogP contribution in [-0.2, 0) is 23.8 Å². The van der Waals surface area contributed by atoms with Crippen molar-refractivity contribution in [3.8, 4) is 0 Å². The lowest BCUT2D eigenvalue weighted by atomic mass is 9.99. The van der Waals surface area contributed by atoms with Gasteiger partial charge in [0, 0.05) is 6.42 Å². The molecule has 1 heterocycles. The highest BCUT2D eigenvalue weighted by molar-refractivity contribution is 5.80. The van der Waals surface area contributed by atoms with Crippen LogP contribution in [0.15, 0.2) is 109 Å². The predicted octanol–water partition coefficient (Wildman–Crippen LogP) is 14.5. The van der Waals surface area contributed by atoms with Gasteiger partial charge < -0.3 is 45.1 Å². The highest BCUT2D eigenvalue weighted by atomic mass is 16.7. The highest BCUT2D eigenvalue weighted by Gasteiger charge is 2.47. The number of carbonyl (C=O) groups is 2. The fourth-order valence-electron chi connectivity index (χ4n) is 8.95. The van der Waals surface area contributed by atoms with E-state index in [0.717, 1.165) is 77.0 Å². The van der Waals surface area contributed by atoms with Gasteiger partial charge in [0.05, 0.1) is 25.4 Å². The number of allylic oxidation sites excluding steroid dienone is 17. The minimum absolute atomic E-state index is 0.110. The van der Waals surface area contributed by atoms with E-state index in [2.05, 4.69) is 56.5 Å². The second kappa shape index (κ2) is 53.0. The fourth-order valence-corrected chi connectivity index (χ4v) is 8.95. The molecule has 1 saturated heterocycles. The zero-order valence-corrected chi connectivity index (χ0v) is 48.5. The molecular formula is C66H111NO10. The van der Waals surface area contributed by atoms with Gasteiger partial charge in [-0.1, -0.05) is 259 Å². The molecule has 1 amide bonds. The van der Waals surface area contributed by atoms with E-state index in [1.54, 1.807) is 6.08 Å². The van der Waals surface area contributed by atoms with Crippen LogP contribution in [0.5, 0.6) is 0 Å². The van der Waals surface area contributed by atoms with Crippen molar-refractivity contribution in [2.24, 2.45) is 0 Å². The monoisotopic (exact) mass is 1080 g/mol. The summed E-state index contributed by atoms with van der Waals surface area (Å²) in [4.78, 5) is 26.5. The number of ether oxygens (including phenoxy) is 3. The van der Waals surface area contributed by atoms with E-state index in [-0.39, 0.29) is 19.4 Å². The predicted molar refractivity (Wildman–Crippen MR) is 319 cm³/mol. The molecule has 8 unspecified atom stereocenters. The number of hydrogen-bond acceptors (Lipinski definition) is 10. The molecule has 0 aliphatic carbocycles. The lowest BCUT2D eigenvalue weighted by Crippen LogP contribution is -2.61. The van der Waals surface area contributed by atoms with Gasteiger partial charge in [0.15, 0.2) is 12.4 Å². The zero-order valence-electron chi connectivity index (χ0n) is 48.5. The van der Waals surface area contributed by atoms with Crippen LogP contribution in [0.1, 0.15) is 233 Å². The van der Waals surface area contributed by atoms with Gasteiger partial charge in [-0.25, -0.2) is 0 Å². The Bertz CT molecular complexity index is 1660. The zero-order chi connectivity index (χ0) is 56.1. The molecule has 0 spiro atoms. The molecule has 0 aromatic heterocycles. The van der Waals surface area contributed by atoms with Crippen LogP contribution in [-0.4, -0.2) is 99.6 Å². The SMILES string of the molecule is CC\C=C/C=C/C=C/C=C\C=C\C=C\CCCCC(O)C(=O)NC(COC1OC(CO)C(O)C(O)C1OC(=O)CCCCCCCCCCCCC/C=C\C/C=C\CCCCC)C(O)/C=C/CCCCCCCCCCC. The van der Waals surface area contributed by atoms with E-state index in [9.17, 15) is 35.1 Å². The van der Waals surface area contributed by atoms with Crippen molar-refractivity contribution in [3.05, 3.63) is 109 Å². The third kappa shape index (κ3) is 41.1. The normalized spacial score (nSPS) is 19.8. The molecule has 1 rings (SSSR count). The first-order valence-electron chi connectivity index (χ1n) is 30.7.